The standard InChI is InChI=1S/C26H36O8/c1-12-18(30)9-10-26(8)21(12)22(32-14(3)27)17-11-19(31)13(2)20(25(17,6)7)23(33-15(4)28)24(26)34-16(5)29/h17-18,21-24,30H,1,9-11H2,2-8H3/t17-,18-,21-,22-,23+,24-,26+/m0/s1. The summed E-state index contributed by atoms with van der Waals surface area (Å²) >= 11 is 0. The van der Waals surface area contributed by atoms with Gasteiger partial charge in [-0.2, -0.15) is 0 Å². The van der Waals surface area contributed by atoms with Gasteiger partial charge in [-0.25, -0.2) is 0 Å². The van der Waals surface area contributed by atoms with Crippen LogP contribution in [-0.4, -0.2) is 53.2 Å². The van der Waals surface area contributed by atoms with Gasteiger partial charge in [0.05, 0.1) is 6.10 Å². The van der Waals surface area contributed by atoms with Gasteiger partial charge < -0.3 is 19.3 Å². The van der Waals surface area contributed by atoms with Crippen LogP contribution < -0.4 is 0 Å². The number of rotatable bonds is 3. The topological polar surface area (TPSA) is 116 Å². The zero-order valence-corrected chi connectivity index (χ0v) is 21.1. The van der Waals surface area contributed by atoms with Crippen molar-refractivity contribution < 1.29 is 38.5 Å². The first kappa shape index (κ1) is 26.1. The van der Waals surface area contributed by atoms with Gasteiger partial charge in [0.25, 0.3) is 0 Å². The number of esters is 3. The van der Waals surface area contributed by atoms with Gasteiger partial charge >= 0.3 is 17.9 Å². The van der Waals surface area contributed by atoms with Crippen molar-refractivity contribution in [2.24, 2.45) is 22.7 Å². The Morgan fingerprint density at radius 1 is 1.00 bits per heavy atom. The lowest BCUT2D eigenvalue weighted by molar-refractivity contribution is -0.201. The molecule has 188 valence electrons. The fraction of sp³-hybridized carbons (Fsp3) is 0.692. The van der Waals surface area contributed by atoms with Crippen LogP contribution in [0.15, 0.2) is 23.3 Å². The van der Waals surface area contributed by atoms with Crippen molar-refractivity contribution in [3.05, 3.63) is 23.3 Å². The van der Waals surface area contributed by atoms with E-state index in [2.05, 4.69) is 6.58 Å². The van der Waals surface area contributed by atoms with Crippen LogP contribution in [-0.2, 0) is 33.4 Å². The second-order valence-corrected chi connectivity index (χ2v) is 10.7. The summed E-state index contributed by atoms with van der Waals surface area (Å²) in [6.07, 6.45) is -2.77. The highest BCUT2D eigenvalue weighted by Crippen LogP contribution is 2.60. The molecule has 2 saturated carbocycles. The second-order valence-electron chi connectivity index (χ2n) is 10.7. The monoisotopic (exact) mass is 476 g/mol. The van der Waals surface area contributed by atoms with E-state index in [1.165, 1.54) is 20.8 Å². The fourth-order valence-electron chi connectivity index (χ4n) is 6.62. The Kier molecular flexibility index (Phi) is 6.88. The molecule has 0 aromatic rings. The van der Waals surface area contributed by atoms with Crippen LogP contribution in [0.5, 0.6) is 0 Å². The average molecular weight is 477 g/mol. The summed E-state index contributed by atoms with van der Waals surface area (Å²) in [6, 6.07) is 0. The number of aliphatic hydroxyl groups excluding tert-OH is 1. The van der Waals surface area contributed by atoms with E-state index in [1.807, 2.05) is 20.8 Å². The van der Waals surface area contributed by atoms with E-state index < -0.39 is 65.0 Å². The predicted molar refractivity (Wildman–Crippen MR) is 122 cm³/mol. The number of hydrogen-bond acceptors (Lipinski definition) is 8. The number of ketones is 1. The van der Waals surface area contributed by atoms with E-state index in [0.29, 0.717) is 29.6 Å². The molecule has 7 atom stereocenters. The molecule has 2 bridgehead atoms. The Labute approximate surface area is 200 Å². The Morgan fingerprint density at radius 2 is 1.56 bits per heavy atom. The highest BCUT2D eigenvalue weighted by Gasteiger charge is 2.63. The zero-order valence-electron chi connectivity index (χ0n) is 21.1. The molecule has 8 heteroatoms. The Morgan fingerprint density at radius 3 is 2.09 bits per heavy atom. The summed E-state index contributed by atoms with van der Waals surface area (Å²) in [6.45, 7) is 15.4. The molecule has 3 aliphatic carbocycles. The number of hydrogen-bond donors (Lipinski definition) is 1. The minimum absolute atomic E-state index is 0.126. The van der Waals surface area contributed by atoms with Gasteiger partial charge in [0.15, 0.2) is 11.9 Å². The molecular weight excluding hydrogens is 440 g/mol. The number of fused-ring (bicyclic) bond motifs is 3. The van der Waals surface area contributed by atoms with Crippen molar-refractivity contribution in [2.75, 3.05) is 0 Å². The summed E-state index contributed by atoms with van der Waals surface area (Å²) in [4.78, 5) is 50.2. The fourth-order valence-corrected chi connectivity index (χ4v) is 6.62. The molecule has 0 aromatic heterocycles. The second kappa shape index (κ2) is 8.95. The minimum Gasteiger partial charge on any atom is -0.462 e. The lowest BCUT2D eigenvalue weighted by Crippen LogP contribution is -2.63. The van der Waals surface area contributed by atoms with Crippen LogP contribution in [0, 0.1) is 22.7 Å². The number of carbonyl (C=O) groups is 4. The molecule has 3 aliphatic rings. The molecule has 0 unspecified atom stereocenters. The molecule has 0 amide bonds. The first-order valence-electron chi connectivity index (χ1n) is 11.8. The van der Waals surface area contributed by atoms with Crippen molar-refractivity contribution in [1.29, 1.82) is 0 Å². The molecule has 0 radical (unpaired) electrons. The van der Waals surface area contributed by atoms with E-state index in [1.54, 1.807) is 6.92 Å². The van der Waals surface area contributed by atoms with Crippen molar-refractivity contribution in [2.45, 2.75) is 92.1 Å². The molecule has 1 N–H and O–H groups in total. The Hall–Kier alpha value is -2.48. The van der Waals surface area contributed by atoms with E-state index in [4.69, 9.17) is 14.2 Å². The number of carbonyl (C=O) groups excluding carboxylic acids is 4. The third-order valence-electron chi connectivity index (χ3n) is 8.17. The predicted octanol–water partition coefficient (Wildman–Crippen LogP) is 3.06. The van der Waals surface area contributed by atoms with Crippen LogP contribution in [0.4, 0.5) is 0 Å². The lowest BCUT2D eigenvalue weighted by Gasteiger charge is -2.59. The molecule has 0 heterocycles. The van der Waals surface area contributed by atoms with E-state index in [-0.39, 0.29) is 12.2 Å². The van der Waals surface area contributed by atoms with Crippen molar-refractivity contribution >= 4 is 23.7 Å². The third kappa shape index (κ3) is 4.21. The van der Waals surface area contributed by atoms with Crippen LogP contribution in [0.25, 0.3) is 0 Å². The maximum atomic E-state index is 13.2. The van der Waals surface area contributed by atoms with E-state index >= 15 is 0 Å². The zero-order chi connectivity index (χ0) is 25.7. The summed E-state index contributed by atoms with van der Waals surface area (Å²) in [5.74, 6) is -2.92. The summed E-state index contributed by atoms with van der Waals surface area (Å²) in [5, 5.41) is 10.8. The van der Waals surface area contributed by atoms with Crippen molar-refractivity contribution in [3.63, 3.8) is 0 Å². The minimum atomic E-state index is -1.02. The number of ether oxygens (including phenoxy) is 3. The summed E-state index contributed by atoms with van der Waals surface area (Å²) in [7, 11) is 0. The molecule has 3 rings (SSSR count). The lowest BCUT2D eigenvalue weighted by atomic mass is 9.49. The van der Waals surface area contributed by atoms with Gasteiger partial charge in [0.2, 0.25) is 0 Å². The highest BCUT2D eigenvalue weighted by atomic mass is 16.6. The van der Waals surface area contributed by atoms with E-state index in [9.17, 15) is 24.3 Å². The quantitative estimate of drug-likeness (QED) is 0.375. The Bertz CT molecular complexity index is 960. The molecule has 0 aliphatic heterocycles. The third-order valence-corrected chi connectivity index (χ3v) is 8.17. The van der Waals surface area contributed by atoms with Crippen molar-refractivity contribution in [3.8, 4) is 0 Å². The van der Waals surface area contributed by atoms with Gasteiger partial charge in [-0.05, 0) is 41.9 Å². The molecular formula is C26H36O8. The molecule has 34 heavy (non-hydrogen) atoms. The Balaban J connectivity index is 2.41. The first-order chi connectivity index (χ1) is 15.6. The van der Waals surface area contributed by atoms with Crippen LogP contribution in [0.1, 0.15) is 67.7 Å². The van der Waals surface area contributed by atoms with Gasteiger partial charge in [-0.3, -0.25) is 19.2 Å². The number of allylic oxidation sites excluding steroid dienone is 1. The molecule has 0 aromatic carbocycles. The maximum Gasteiger partial charge on any atom is 0.303 e. The number of aliphatic hydroxyl groups is 1. The SMILES string of the molecule is C=C1[C@@H](O)CC[C@@]2(C)[C@@H](OC(C)=O)[C@H](OC(C)=O)C3=C(C)C(=O)C[C@@H]([C@H](OC(C)=O)[C@H]12)C3(C)C. The normalized spacial score (nSPS) is 37.2. The largest absolute Gasteiger partial charge is 0.462 e. The highest BCUT2D eigenvalue weighted by molar-refractivity contribution is 5.97. The van der Waals surface area contributed by atoms with E-state index in [0.717, 1.165) is 0 Å². The summed E-state index contributed by atoms with van der Waals surface area (Å²) < 4.78 is 17.7. The molecule has 2 fully saturated rings. The van der Waals surface area contributed by atoms with Crippen LogP contribution in [0.3, 0.4) is 0 Å². The van der Waals surface area contributed by atoms with Gasteiger partial charge in [0, 0.05) is 44.4 Å². The first-order valence-corrected chi connectivity index (χ1v) is 11.8. The van der Waals surface area contributed by atoms with Crippen LogP contribution in [0.2, 0.25) is 0 Å². The van der Waals surface area contributed by atoms with Gasteiger partial charge in [-0.1, -0.05) is 27.4 Å². The smallest absolute Gasteiger partial charge is 0.303 e. The maximum absolute atomic E-state index is 13.2. The molecule has 0 spiro atoms. The molecule has 0 saturated heterocycles. The van der Waals surface area contributed by atoms with Gasteiger partial charge in [0.1, 0.15) is 12.2 Å². The van der Waals surface area contributed by atoms with Gasteiger partial charge in [-0.15, -0.1) is 0 Å². The van der Waals surface area contributed by atoms with Crippen molar-refractivity contribution in [1.82, 2.24) is 0 Å². The number of Topliss-reactive ketones (excluding diaryl/α,β-unsaturated/α-hetero) is 1. The average Bonchev–Trinajstić information content (AvgIpc) is 2.69. The molecule has 8 nitrogen and oxygen atoms in total. The summed E-state index contributed by atoms with van der Waals surface area (Å²) in [5.41, 5.74) is -0.174. The van der Waals surface area contributed by atoms with Crippen LogP contribution >= 0.6 is 0 Å².